The van der Waals surface area contributed by atoms with Crippen LogP contribution >= 0.6 is 0 Å². The molecule has 1 aromatic rings. The summed E-state index contributed by atoms with van der Waals surface area (Å²) in [5.41, 5.74) is 0. The highest BCUT2D eigenvalue weighted by Crippen LogP contribution is 2.36. The van der Waals surface area contributed by atoms with Gasteiger partial charge in [0.1, 0.15) is 0 Å². The molecule has 0 aliphatic heterocycles. The smallest absolute Gasteiger partial charge is 0.203 e. The van der Waals surface area contributed by atoms with E-state index >= 15 is 0 Å². The third kappa shape index (κ3) is 8.79. The number of hydrogen-bond donors (Lipinski definition) is 0. The largest absolute Gasteiger partial charge is 0.493 e. The lowest BCUT2D eigenvalue weighted by Gasteiger charge is -2.20. The Bertz CT molecular complexity index is 436. The standard InChI is InChI=1S/C22H39NO3/c1-5-16-23(17-6-2)18-11-9-7-8-10-12-19-26-22-20(24-3)14-13-15-21(22)25-4/h13-15H,5-12,16-19H2,1-4H3. The van der Waals surface area contributed by atoms with Gasteiger partial charge in [0.25, 0.3) is 0 Å². The van der Waals surface area contributed by atoms with Crippen LogP contribution in [-0.2, 0) is 0 Å². The van der Waals surface area contributed by atoms with Crippen molar-refractivity contribution in [3.8, 4) is 17.2 Å². The summed E-state index contributed by atoms with van der Waals surface area (Å²) in [6.45, 7) is 9.00. The molecule has 26 heavy (non-hydrogen) atoms. The second kappa shape index (κ2) is 14.7. The van der Waals surface area contributed by atoms with Gasteiger partial charge in [-0.2, -0.15) is 0 Å². The Morgan fingerprint density at radius 1 is 0.731 bits per heavy atom. The molecule has 4 heteroatoms. The maximum Gasteiger partial charge on any atom is 0.203 e. The van der Waals surface area contributed by atoms with E-state index < -0.39 is 0 Å². The van der Waals surface area contributed by atoms with E-state index in [4.69, 9.17) is 14.2 Å². The average Bonchev–Trinajstić information content (AvgIpc) is 2.66. The van der Waals surface area contributed by atoms with Crippen LogP contribution in [-0.4, -0.2) is 45.4 Å². The van der Waals surface area contributed by atoms with E-state index in [1.54, 1.807) is 14.2 Å². The lowest BCUT2D eigenvalue weighted by molar-refractivity contribution is 0.263. The molecule has 150 valence electrons. The van der Waals surface area contributed by atoms with E-state index in [0.717, 1.165) is 17.9 Å². The molecule has 0 radical (unpaired) electrons. The van der Waals surface area contributed by atoms with Crippen molar-refractivity contribution < 1.29 is 14.2 Å². The quantitative estimate of drug-likeness (QED) is 0.360. The minimum atomic E-state index is 0.706. The van der Waals surface area contributed by atoms with Gasteiger partial charge in [-0.1, -0.05) is 45.6 Å². The fraction of sp³-hybridized carbons (Fsp3) is 0.727. The van der Waals surface area contributed by atoms with Crippen LogP contribution < -0.4 is 14.2 Å². The van der Waals surface area contributed by atoms with E-state index in [0.29, 0.717) is 12.4 Å². The first kappa shape index (κ1) is 22.6. The third-order valence-corrected chi connectivity index (χ3v) is 4.58. The van der Waals surface area contributed by atoms with Crippen LogP contribution in [0.15, 0.2) is 18.2 Å². The highest BCUT2D eigenvalue weighted by molar-refractivity contribution is 5.51. The molecule has 0 aromatic heterocycles. The molecule has 0 fully saturated rings. The topological polar surface area (TPSA) is 30.9 Å². The van der Waals surface area contributed by atoms with Gasteiger partial charge in [0.15, 0.2) is 11.5 Å². The molecule has 0 N–H and O–H groups in total. The van der Waals surface area contributed by atoms with Crippen LogP contribution in [0.25, 0.3) is 0 Å². The van der Waals surface area contributed by atoms with Crippen molar-refractivity contribution in [3.63, 3.8) is 0 Å². The van der Waals surface area contributed by atoms with Gasteiger partial charge in [-0.05, 0) is 57.5 Å². The molecule has 0 heterocycles. The summed E-state index contributed by atoms with van der Waals surface area (Å²) in [6, 6.07) is 5.71. The molecule has 0 spiro atoms. The van der Waals surface area contributed by atoms with Gasteiger partial charge in [0, 0.05) is 0 Å². The van der Waals surface area contributed by atoms with Crippen molar-refractivity contribution in [1.82, 2.24) is 4.90 Å². The second-order valence-corrected chi connectivity index (χ2v) is 6.80. The Morgan fingerprint density at radius 3 is 1.81 bits per heavy atom. The number of unbranched alkanes of at least 4 members (excludes halogenated alkanes) is 5. The maximum absolute atomic E-state index is 5.91. The highest BCUT2D eigenvalue weighted by atomic mass is 16.5. The van der Waals surface area contributed by atoms with E-state index in [9.17, 15) is 0 Å². The van der Waals surface area contributed by atoms with Crippen molar-refractivity contribution in [2.75, 3.05) is 40.5 Å². The number of benzene rings is 1. The summed E-state index contributed by atoms with van der Waals surface area (Å²) in [6.07, 6.45) is 10.1. The van der Waals surface area contributed by atoms with Crippen LogP contribution in [0, 0.1) is 0 Å². The van der Waals surface area contributed by atoms with Gasteiger partial charge in [-0.15, -0.1) is 0 Å². The van der Waals surface area contributed by atoms with Gasteiger partial charge in [0.05, 0.1) is 20.8 Å². The Balaban J connectivity index is 2.11. The Hall–Kier alpha value is -1.42. The van der Waals surface area contributed by atoms with Crippen LogP contribution in [0.5, 0.6) is 17.2 Å². The van der Waals surface area contributed by atoms with Gasteiger partial charge in [-0.25, -0.2) is 0 Å². The number of para-hydroxylation sites is 1. The molecule has 0 aliphatic carbocycles. The van der Waals surface area contributed by atoms with E-state index in [1.165, 1.54) is 64.6 Å². The first-order chi connectivity index (χ1) is 12.8. The molecule has 1 aromatic carbocycles. The second-order valence-electron chi connectivity index (χ2n) is 6.80. The molecule has 0 bridgehead atoms. The first-order valence-corrected chi connectivity index (χ1v) is 10.3. The molecule has 0 aliphatic rings. The minimum absolute atomic E-state index is 0.706. The lowest BCUT2D eigenvalue weighted by Crippen LogP contribution is -2.26. The molecule has 0 unspecified atom stereocenters. The Kier molecular flexibility index (Phi) is 12.8. The molecule has 1 rings (SSSR count). The summed E-state index contributed by atoms with van der Waals surface area (Å²) < 4.78 is 16.6. The average molecular weight is 366 g/mol. The van der Waals surface area contributed by atoms with Gasteiger partial charge in [0.2, 0.25) is 5.75 Å². The SMILES string of the molecule is CCCN(CCC)CCCCCCCCOc1c(OC)cccc1OC. The molecule has 0 amide bonds. The predicted molar refractivity (Wildman–Crippen MR) is 110 cm³/mol. The molecule has 0 saturated carbocycles. The summed E-state index contributed by atoms with van der Waals surface area (Å²) in [7, 11) is 3.31. The van der Waals surface area contributed by atoms with E-state index in [2.05, 4.69) is 18.7 Å². The fourth-order valence-corrected chi connectivity index (χ4v) is 3.25. The van der Waals surface area contributed by atoms with Crippen LogP contribution in [0.4, 0.5) is 0 Å². The third-order valence-electron chi connectivity index (χ3n) is 4.58. The number of methoxy groups -OCH3 is 2. The van der Waals surface area contributed by atoms with Crippen molar-refractivity contribution in [3.05, 3.63) is 18.2 Å². The lowest BCUT2D eigenvalue weighted by atomic mass is 10.1. The van der Waals surface area contributed by atoms with Crippen molar-refractivity contribution >= 4 is 0 Å². The Labute approximate surface area is 160 Å². The van der Waals surface area contributed by atoms with E-state index in [-0.39, 0.29) is 0 Å². The summed E-state index contributed by atoms with van der Waals surface area (Å²) in [5, 5.41) is 0. The summed E-state index contributed by atoms with van der Waals surface area (Å²) in [5.74, 6) is 2.17. The van der Waals surface area contributed by atoms with Gasteiger partial charge >= 0.3 is 0 Å². The molecular formula is C22H39NO3. The van der Waals surface area contributed by atoms with Crippen LogP contribution in [0.1, 0.15) is 65.2 Å². The number of rotatable bonds is 16. The summed E-state index contributed by atoms with van der Waals surface area (Å²) >= 11 is 0. The zero-order valence-electron chi connectivity index (χ0n) is 17.4. The van der Waals surface area contributed by atoms with Crippen LogP contribution in [0.3, 0.4) is 0 Å². The van der Waals surface area contributed by atoms with Crippen LogP contribution in [0.2, 0.25) is 0 Å². The minimum Gasteiger partial charge on any atom is -0.493 e. The first-order valence-electron chi connectivity index (χ1n) is 10.3. The monoisotopic (exact) mass is 365 g/mol. The zero-order valence-corrected chi connectivity index (χ0v) is 17.4. The van der Waals surface area contributed by atoms with Crippen molar-refractivity contribution in [2.24, 2.45) is 0 Å². The Morgan fingerprint density at radius 2 is 1.27 bits per heavy atom. The molecular weight excluding hydrogens is 326 g/mol. The van der Waals surface area contributed by atoms with Gasteiger partial charge in [-0.3, -0.25) is 0 Å². The fourth-order valence-electron chi connectivity index (χ4n) is 3.25. The normalized spacial score (nSPS) is 11.0. The number of nitrogens with zero attached hydrogens (tertiary/aromatic N) is 1. The number of ether oxygens (including phenoxy) is 3. The van der Waals surface area contributed by atoms with Gasteiger partial charge < -0.3 is 19.1 Å². The zero-order chi connectivity index (χ0) is 19.0. The maximum atomic E-state index is 5.91. The number of hydrogen-bond acceptors (Lipinski definition) is 4. The van der Waals surface area contributed by atoms with E-state index in [1.807, 2.05) is 18.2 Å². The summed E-state index contributed by atoms with van der Waals surface area (Å²) in [4.78, 5) is 2.61. The molecule has 0 atom stereocenters. The van der Waals surface area contributed by atoms with Crippen molar-refractivity contribution in [2.45, 2.75) is 65.2 Å². The highest BCUT2D eigenvalue weighted by Gasteiger charge is 2.10. The molecule has 0 saturated heterocycles. The molecule has 4 nitrogen and oxygen atoms in total. The predicted octanol–water partition coefficient (Wildman–Crippen LogP) is 5.55. The van der Waals surface area contributed by atoms with Crippen molar-refractivity contribution in [1.29, 1.82) is 0 Å².